The van der Waals surface area contributed by atoms with Gasteiger partial charge in [0.25, 0.3) is 0 Å². The minimum Gasteiger partial charge on any atom is -0.479 e. The summed E-state index contributed by atoms with van der Waals surface area (Å²) in [7, 11) is 0. The summed E-state index contributed by atoms with van der Waals surface area (Å²) >= 11 is 0. The molecule has 3 aliphatic carbocycles. The van der Waals surface area contributed by atoms with Crippen molar-refractivity contribution in [2.75, 3.05) is 6.54 Å². The first kappa shape index (κ1) is 23.8. The van der Waals surface area contributed by atoms with Crippen LogP contribution >= 0.6 is 0 Å². The van der Waals surface area contributed by atoms with Crippen molar-refractivity contribution >= 4 is 23.9 Å². The average molecular weight is 464 g/mol. The highest BCUT2D eigenvalue weighted by atomic mass is 16.6. The van der Waals surface area contributed by atoms with Gasteiger partial charge in [-0.05, 0) is 61.7 Å². The minimum absolute atomic E-state index is 0.0907. The van der Waals surface area contributed by atoms with E-state index in [9.17, 15) is 24.3 Å². The summed E-state index contributed by atoms with van der Waals surface area (Å²) in [4.78, 5) is 52.5. The number of hydrogen-bond acceptors (Lipinski definition) is 5. The molecule has 33 heavy (non-hydrogen) atoms. The average Bonchev–Trinajstić information content (AvgIpc) is 3.50. The van der Waals surface area contributed by atoms with Gasteiger partial charge in [0.1, 0.15) is 23.7 Å². The van der Waals surface area contributed by atoms with E-state index >= 15 is 0 Å². The number of nitrogens with one attached hydrogen (secondary N) is 2. The second-order valence-electron chi connectivity index (χ2n) is 11.5. The first-order valence-corrected chi connectivity index (χ1v) is 12.3. The van der Waals surface area contributed by atoms with Gasteiger partial charge in [-0.2, -0.15) is 0 Å². The van der Waals surface area contributed by atoms with Crippen LogP contribution in [0.3, 0.4) is 0 Å². The van der Waals surface area contributed by atoms with Crippen molar-refractivity contribution in [1.29, 1.82) is 0 Å². The molecule has 3 N–H and O–H groups in total. The van der Waals surface area contributed by atoms with E-state index in [-0.39, 0.29) is 17.9 Å². The van der Waals surface area contributed by atoms with Crippen molar-refractivity contribution in [3.63, 3.8) is 0 Å². The van der Waals surface area contributed by atoms with E-state index in [0.29, 0.717) is 44.1 Å². The standard InChI is InChI=1S/C24H37N3O6/c1-5-15-12-24(15,21(30)31)26-19(28)17-7-6-8-27(17)20(29)18(23(2,3)4)25-22(32)33-16-10-13-9-14(13)11-16/h13-18H,5-12H2,1-4H3,(H,25,32)(H,26,28)(H,30,31)/t13-,14+,15?,16+,17-,18+,24+/m0/s1. The summed E-state index contributed by atoms with van der Waals surface area (Å²) in [6.07, 6.45) is 4.52. The number of alkyl carbamates (subject to hydrolysis) is 1. The van der Waals surface area contributed by atoms with Crippen molar-refractivity contribution in [3.8, 4) is 0 Å². The molecule has 4 fully saturated rings. The number of likely N-dealkylation sites (tertiary alicyclic amines) is 1. The third-order valence-corrected chi connectivity index (χ3v) is 8.01. The second kappa shape index (κ2) is 8.47. The van der Waals surface area contributed by atoms with Gasteiger partial charge in [0.15, 0.2) is 0 Å². The van der Waals surface area contributed by atoms with Crippen LogP contribution in [0.5, 0.6) is 0 Å². The van der Waals surface area contributed by atoms with Gasteiger partial charge in [-0.1, -0.05) is 34.1 Å². The van der Waals surface area contributed by atoms with Crippen molar-refractivity contribution in [3.05, 3.63) is 0 Å². The molecule has 3 saturated carbocycles. The molecule has 0 radical (unpaired) electrons. The Hall–Kier alpha value is -2.32. The lowest BCUT2D eigenvalue weighted by Gasteiger charge is -2.35. The minimum atomic E-state index is -1.23. The third-order valence-electron chi connectivity index (χ3n) is 8.01. The Bertz CT molecular complexity index is 829. The predicted molar refractivity (Wildman–Crippen MR) is 119 cm³/mol. The number of carboxylic acid groups (broad SMARTS) is 1. The molecule has 4 aliphatic rings. The summed E-state index contributed by atoms with van der Waals surface area (Å²) in [5.74, 6) is -0.526. The lowest BCUT2D eigenvalue weighted by molar-refractivity contribution is -0.146. The van der Waals surface area contributed by atoms with Crippen molar-refractivity contribution in [2.45, 2.75) is 96.4 Å². The number of carboxylic acids is 1. The van der Waals surface area contributed by atoms with E-state index in [1.807, 2.05) is 27.7 Å². The molecule has 1 heterocycles. The van der Waals surface area contributed by atoms with E-state index < -0.39 is 41.0 Å². The van der Waals surface area contributed by atoms with Crippen LogP contribution in [-0.2, 0) is 19.1 Å². The zero-order valence-electron chi connectivity index (χ0n) is 20.1. The molecule has 0 aromatic heterocycles. The maximum Gasteiger partial charge on any atom is 0.408 e. The van der Waals surface area contributed by atoms with Gasteiger partial charge >= 0.3 is 12.1 Å². The normalized spacial score (nSPS) is 35.4. The largest absolute Gasteiger partial charge is 0.479 e. The molecule has 1 unspecified atom stereocenters. The number of amides is 3. The molecule has 0 aromatic carbocycles. The van der Waals surface area contributed by atoms with Crippen LogP contribution in [0.2, 0.25) is 0 Å². The number of carbonyl (C=O) groups excluding carboxylic acids is 3. The molecule has 9 nitrogen and oxygen atoms in total. The molecular formula is C24H37N3O6. The highest BCUT2D eigenvalue weighted by molar-refractivity contribution is 5.96. The Morgan fingerprint density at radius 1 is 1.15 bits per heavy atom. The quantitative estimate of drug-likeness (QED) is 0.532. The van der Waals surface area contributed by atoms with Gasteiger partial charge in [-0.15, -0.1) is 0 Å². The fourth-order valence-electron chi connectivity index (χ4n) is 5.77. The third kappa shape index (κ3) is 4.68. The van der Waals surface area contributed by atoms with Gasteiger partial charge in [-0.3, -0.25) is 9.59 Å². The molecule has 7 atom stereocenters. The summed E-state index contributed by atoms with van der Waals surface area (Å²) in [6.45, 7) is 7.88. The lowest BCUT2D eigenvalue weighted by Crippen LogP contribution is -2.59. The van der Waals surface area contributed by atoms with Gasteiger partial charge in [0, 0.05) is 6.54 Å². The number of rotatable bonds is 7. The fraction of sp³-hybridized carbons (Fsp3) is 0.833. The van der Waals surface area contributed by atoms with Gasteiger partial charge < -0.3 is 25.4 Å². The van der Waals surface area contributed by atoms with Crippen molar-refractivity contribution in [1.82, 2.24) is 15.5 Å². The van der Waals surface area contributed by atoms with Crippen LogP contribution in [0.25, 0.3) is 0 Å². The van der Waals surface area contributed by atoms with Crippen LogP contribution in [-0.4, -0.2) is 64.2 Å². The van der Waals surface area contributed by atoms with Crippen molar-refractivity contribution < 1.29 is 29.0 Å². The number of aliphatic carboxylic acids is 1. The van der Waals surface area contributed by atoms with E-state index in [1.54, 1.807) is 0 Å². The molecule has 0 bridgehead atoms. The molecular weight excluding hydrogens is 426 g/mol. The maximum absolute atomic E-state index is 13.5. The van der Waals surface area contributed by atoms with Crippen LogP contribution in [0.1, 0.15) is 72.6 Å². The Morgan fingerprint density at radius 2 is 1.82 bits per heavy atom. The number of hydrogen-bond donors (Lipinski definition) is 3. The van der Waals surface area contributed by atoms with E-state index in [1.165, 1.54) is 11.3 Å². The van der Waals surface area contributed by atoms with Gasteiger partial charge in [-0.25, -0.2) is 9.59 Å². The summed E-state index contributed by atoms with van der Waals surface area (Å²) in [6, 6.07) is -1.59. The Balaban J connectivity index is 1.41. The summed E-state index contributed by atoms with van der Waals surface area (Å²) in [5, 5.41) is 15.1. The number of ether oxygens (including phenoxy) is 1. The fourth-order valence-corrected chi connectivity index (χ4v) is 5.77. The molecule has 0 aromatic rings. The Morgan fingerprint density at radius 3 is 2.36 bits per heavy atom. The Kier molecular flexibility index (Phi) is 6.12. The molecule has 1 aliphatic heterocycles. The highest BCUT2D eigenvalue weighted by Gasteiger charge is 2.61. The highest BCUT2D eigenvalue weighted by Crippen LogP contribution is 2.52. The molecule has 0 spiro atoms. The molecule has 3 amide bonds. The SMILES string of the molecule is CCC1C[C@]1(NC(=O)[C@@H]1CCCN1C(=O)[C@@H](NC(=O)O[C@@H]1C[C@@H]2C[C@@H]2C1)C(C)(C)C)C(=O)O. The van der Waals surface area contributed by atoms with E-state index in [4.69, 9.17) is 4.74 Å². The molecule has 184 valence electrons. The van der Waals surface area contributed by atoms with Crippen LogP contribution in [0, 0.1) is 23.2 Å². The van der Waals surface area contributed by atoms with Gasteiger partial charge in [0.2, 0.25) is 11.8 Å². The van der Waals surface area contributed by atoms with Crippen LogP contribution < -0.4 is 10.6 Å². The second-order valence-corrected chi connectivity index (χ2v) is 11.5. The van der Waals surface area contributed by atoms with Crippen LogP contribution in [0.4, 0.5) is 4.79 Å². The first-order chi connectivity index (χ1) is 15.5. The molecule has 1 saturated heterocycles. The number of nitrogens with zero attached hydrogens (tertiary/aromatic N) is 1. The topological polar surface area (TPSA) is 125 Å². The van der Waals surface area contributed by atoms with Crippen molar-refractivity contribution in [2.24, 2.45) is 23.2 Å². The van der Waals surface area contributed by atoms with Gasteiger partial charge in [0.05, 0.1) is 0 Å². The maximum atomic E-state index is 13.5. The number of carbonyl (C=O) groups is 4. The van der Waals surface area contributed by atoms with E-state index in [0.717, 1.165) is 12.8 Å². The summed E-state index contributed by atoms with van der Waals surface area (Å²) in [5.41, 5.74) is -1.82. The monoisotopic (exact) mass is 463 g/mol. The zero-order chi connectivity index (χ0) is 24.1. The molecule has 4 rings (SSSR count). The van der Waals surface area contributed by atoms with Crippen LogP contribution in [0.15, 0.2) is 0 Å². The number of fused-ring (bicyclic) bond motifs is 1. The zero-order valence-corrected chi connectivity index (χ0v) is 20.1. The smallest absolute Gasteiger partial charge is 0.408 e. The Labute approximate surface area is 195 Å². The van der Waals surface area contributed by atoms with E-state index in [2.05, 4.69) is 10.6 Å². The predicted octanol–water partition coefficient (Wildman–Crippen LogP) is 2.29. The molecule has 9 heteroatoms. The summed E-state index contributed by atoms with van der Waals surface area (Å²) < 4.78 is 5.58. The first-order valence-electron chi connectivity index (χ1n) is 12.3. The lowest BCUT2D eigenvalue weighted by atomic mass is 9.85.